The quantitative estimate of drug-likeness (QED) is 0.842. The molecule has 2 atom stereocenters. The molecule has 0 radical (unpaired) electrons. The van der Waals surface area contributed by atoms with Crippen molar-refractivity contribution in [2.75, 3.05) is 17.2 Å². The van der Waals surface area contributed by atoms with Crippen molar-refractivity contribution in [3.8, 4) is 0 Å². The van der Waals surface area contributed by atoms with Crippen LogP contribution >= 0.6 is 24.0 Å². The van der Waals surface area contributed by atoms with Gasteiger partial charge in [-0.15, -0.1) is 0 Å². The van der Waals surface area contributed by atoms with Gasteiger partial charge < -0.3 is 10.6 Å². The van der Waals surface area contributed by atoms with Gasteiger partial charge in [0, 0.05) is 23.6 Å². The summed E-state index contributed by atoms with van der Waals surface area (Å²) in [4.78, 5) is 5.72. The third-order valence-electron chi connectivity index (χ3n) is 3.59. The maximum atomic E-state index is 12.9. The molecule has 1 aliphatic rings. The number of nitrogens with two attached hydrogens (primary N) is 1. The minimum Gasteiger partial charge on any atom is -0.389 e. The van der Waals surface area contributed by atoms with E-state index >= 15 is 0 Å². The van der Waals surface area contributed by atoms with Crippen LogP contribution in [-0.2, 0) is 6.18 Å². The van der Waals surface area contributed by atoms with Gasteiger partial charge in [0.15, 0.2) is 0 Å². The molecule has 2 unspecified atom stereocenters. The lowest BCUT2D eigenvalue weighted by atomic mass is 10.1. The van der Waals surface area contributed by atoms with Gasteiger partial charge in [-0.3, -0.25) is 0 Å². The number of hydrogen-bond donors (Lipinski definition) is 1. The van der Waals surface area contributed by atoms with E-state index in [0.717, 1.165) is 11.8 Å². The molecule has 0 amide bonds. The molecule has 2 N–H and O–H groups in total. The molecule has 8 heteroatoms. The lowest BCUT2D eigenvalue weighted by Crippen LogP contribution is -2.46. The van der Waals surface area contributed by atoms with E-state index in [0.29, 0.717) is 17.4 Å². The average Bonchev–Trinajstić information content (AvgIpc) is 2.40. The SMILES string of the molecule is CC1SCCN(c2nc(C(F)(F)F)ccc2C(N)=S)C1C. The summed E-state index contributed by atoms with van der Waals surface area (Å²) in [5.74, 6) is 1.07. The first kappa shape index (κ1) is 16.4. The van der Waals surface area contributed by atoms with Crippen LogP contribution in [0.15, 0.2) is 12.1 Å². The van der Waals surface area contributed by atoms with Crippen LogP contribution in [0.3, 0.4) is 0 Å². The highest BCUT2D eigenvalue weighted by Gasteiger charge is 2.35. The molecule has 2 rings (SSSR count). The van der Waals surface area contributed by atoms with Gasteiger partial charge in [0.05, 0.1) is 5.56 Å². The van der Waals surface area contributed by atoms with Crippen molar-refractivity contribution < 1.29 is 13.2 Å². The summed E-state index contributed by atoms with van der Waals surface area (Å²) in [6.45, 7) is 4.65. The zero-order chi connectivity index (χ0) is 15.8. The fourth-order valence-corrected chi connectivity index (χ4v) is 3.51. The third kappa shape index (κ3) is 3.42. The fraction of sp³-hybridized carbons (Fsp3) is 0.538. The summed E-state index contributed by atoms with van der Waals surface area (Å²) < 4.78 is 38.7. The summed E-state index contributed by atoms with van der Waals surface area (Å²) >= 11 is 6.74. The molecular weight excluding hydrogens is 319 g/mol. The summed E-state index contributed by atoms with van der Waals surface area (Å²) in [5, 5.41) is 0.300. The lowest BCUT2D eigenvalue weighted by molar-refractivity contribution is -0.141. The first-order valence-corrected chi connectivity index (χ1v) is 7.94. The highest BCUT2D eigenvalue weighted by atomic mass is 32.2. The molecule has 3 nitrogen and oxygen atoms in total. The first-order valence-electron chi connectivity index (χ1n) is 6.48. The fourth-order valence-electron chi connectivity index (χ4n) is 2.25. The summed E-state index contributed by atoms with van der Waals surface area (Å²) in [6.07, 6.45) is -4.48. The Morgan fingerprint density at radius 3 is 2.67 bits per heavy atom. The Labute approximate surface area is 131 Å². The van der Waals surface area contributed by atoms with Crippen LogP contribution < -0.4 is 10.6 Å². The molecule has 116 valence electrons. The molecule has 1 fully saturated rings. The number of alkyl halides is 3. The Balaban J connectivity index is 2.50. The molecule has 0 saturated carbocycles. The van der Waals surface area contributed by atoms with Crippen molar-refractivity contribution in [3.63, 3.8) is 0 Å². The largest absolute Gasteiger partial charge is 0.433 e. The molecule has 0 aromatic carbocycles. The van der Waals surface area contributed by atoms with Crippen LogP contribution in [0, 0.1) is 0 Å². The van der Waals surface area contributed by atoms with E-state index in [1.165, 1.54) is 6.07 Å². The van der Waals surface area contributed by atoms with Gasteiger partial charge >= 0.3 is 6.18 Å². The molecule has 1 aromatic heterocycles. The molecule has 2 heterocycles. The van der Waals surface area contributed by atoms with E-state index in [-0.39, 0.29) is 16.8 Å². The van der Waals surface area contributed by atoms with Crippen LogP contribution in [0.5, 0.6) is 0 Å². The molecule has 21 heavy (non-hydrogen) atoms. The predicted molar refractivity (Wildman–Crippen MR) is 83.9 cm³/mol. The van der Waals surface area contributed by atoms with Crippen molar-refractivity contribution in [1.29, 1.82) is 0 Å². The highest BCUT2D eigenvalue weighted by molar-refractivity contribution is 8.00. The zero-order valence-electron chi connectivity index (χ0n) is 11.6. The van der Waals surface area contributed by atoms with Crippen molar-refractivity contribution >= 4 is 34.8 Å². The van der Waals surface area contributed by atoms with Crippen molar-refractivity contribution in [2.24, 2.45) is 5.73 Å². The Bertz CT molecular complexity index is 548. The van der Waals surface area contributed by atoms with Crippen LogP contribution in [0.25, 0.3) is 0 Å². The maximum Gasteiger partial charge on any atom is 0.433 e. The van der Waals surface area contributed by atoms with Crippen molar-refractivity contribution in [3.05, 3.63) is 23.4 Å². The molecule has 0 spiro atoms. The number of pyridine rings is 1. The smallest absolute Gasteiger partial charge is 0.389 e. The summed E-state index contributed by atoms with van der Waals surface area (Å²) in [7, 11) is 0. The number of rotatable bonds is 2. The number of aromatic nitrogens is 1. The van der Waals surface area contributed by atoms with E-state index < -0.39 is 11.9 Å². The van der Waals surface area contributed by atoms with Crippen LogP contribution in [-0.4, -0.2) is 33.6 Å². The molecule has 0 bridgehead atoms. The van der Waals surface area contributed by atoms with Gasteiger partial charge in [-0.2, -0.15) is 24.9 Å². The first-order chi connectivity index (χ1) is 9.71. The molecule has 0 aliphatic carbocycles. The zero-order valence-corrected chi connectivity index (χ0v) is 13.3. The van der Waals surface area contributed by atoms with E-state index in [1.807, 2.05) is 11.8 Å². The minimum absolute atomic E-state index is 0.0595. The van der Waals surface area contributed by atoms with E-state index in [4.69, 9.17) is 18.0 Å². The Kier molecular flexibility index (Phi) is 4.67. The van der Waals surface area contributed by atoms with Gasteiger partial charge in [-0.1, -0.05) is 19.1 Å². The molecule has 1 aromatic rings. The number of thioether (sulfide) groups is 1. The third-order valence-corrected chi connectivity index (χ3v) is 5.14. The predicted octanol–water partition coefficient (Wildman–Crippen LogP) is 3.06. The number of thiocarbonyl (C=S) groups is 1. The second-order valence-corrected chi connectivity index (χ2v) is 6.86. The second-order valence-electron chi connectivity index (χ2n) is 4.94. The Hall–Kier alpha value is -1.02. The topological polar surface area (TPSA) is 42.2 Å². The Morgan fingerprint density at radius 1 is 1.43 bits per heavy atom. The van der Waals surface area contributed by atoms with Gasteiger partial charge in [0.1, 0.15) is 16.5 Å². The van der Waals surface area contributed by atoms with Crippen molar-refractivity contribution in [1.82, 2.24) is 4.98 Å². The highest BCUT2D eigenvalue weighted by Crippen LogP contribution is 2.34. The Morgan fingerprint density at radius 2 is 2.10 bits per heavy atom. The van der Waals surface area contributed by atoms with E-state index in [9.17, 15) is 13.2 Å². The number of halogens is 3. The number of hydrogen-bond acceptors (Lipinski definition) is 4. The van der Waals surface area contributed by atoms with Gasteiger partial charge in [-0.25, -0.2) is 4.98 Å². The number of anilines is 1. The van der Waals surface area contributed by atoms with Gasteiger partial charge in [0.2, 0.25) is 0 Å². The van der Waals surface area contributed by atoms with Gasteiger partial charge in [-0.05, 0) is 19.1 Å². The minimum atomic E-state index is -4.48. The monoisotopic (exact) mass is 335 g/mol. The summed E-state index contributed by atoms with van der Waals surface area (Å²) in [5.41, 5.74) is 5.11. The van der Waals surface area contributed by atoms with Crippen LogP contribution in [0.2, 0.25) is 0 Å². The molecule has 1 saturated heterocycles. The molecular formula is C13H16F3N3S2. The van der Waals surface area contributed by atoms with E-state index in [2.05, 4.69) is 11.9 Å². The normalized spacial score (nSPS) is 23.2. The maximum absolute atomic E-state index is 12.9. The van der Waals surface area contributed by atoms with Gasteiger partial charge in [0.25, 0.3) is 0 Å². The van der Waals surface area contributed by atoms with E-state index in [1.54, 1.807) is 11.8 Å². The lowest BCUT2D eigenvalue weighted by Gasteiger charge is -2.39. The summed E-state index contributed by atoms with van der Waals surface area (Å²) in [6, 6.07) is 2.30. The second kappa shape index (κ2) is 6.00. The average molecular weight is 335 g/mol. The van der Waals surface area contributed by atoms with Crippen LogP contribution in [0.4, 0.5) is 19.0 Å². The number of nitrogens with zero attached hydrogens (tertiary/aromatic N) is 2. The van der Waals surface area contributed by atoms with Crippen LogP contribution in [0.1, 0.15) is 25.1 Å². The van der Waals surface area contributed by atoms with Crippen molar-refractivity contribution in [2.45, 2.75) is 31.3 Å². The molecule has 1 aliphatic heterocycles. The standard InChI is InChI=1S/C13H16F3N3S2/c1-7-8(2)21-6-5-19(7)12-9(11(17)20)3-4-10(18-12)13(14,15)16/h3-4,7-8H,5-6H2,1-2H3,(H2,17,20).